The van der Waals surface area contributed by atoms with E-state index >= 15 is 0 Å². The normalized spacial score (nSPS) is 18.0. The van der Waals surface area contributed by atoms with Crippen LogP contribution in [0.4, 0.5) is 0 Å². The van der Waals surface area contributed by atoms with Crippen LogP contribution in [0.2, 0.25) is 0 Å². The summed E-state index contributed by atoms with van der Waals surface area (Å²) < 4.78 is 28.4. The fourth-order valence-electron chi connectivity index (χ4n) is 3.19. The monoisotopic (exact) mass is 356 g/mol. The van der Waals surface area contributed by atoms with Crippen molar-refractivity contribution in [3.8, 4) is 11.4 Å². The van der Waals surface area contributed by atoms with Crippen LogP contribution >= 0.6 is 0 Å². The minimum absolute atomic E-state index is 0.0463. The molecule has 1 atom stereocenters. The number of carbonyl (C=O) groups excluding carboxylic acids is 1. The molecule has 0 fully saturated rings. The van der Waals surface area contributed by atoms with E-state index < -0.39 is 6.85 Å². The Morgan fingerprint density at radius 3 is 3.27 bits per heavy atom. The quantitative estimate of drug-likeness (QED) is 0.720. The first kappa shape index (κ1) is 13.2. The van der Waals surface area contributed by atoms with Crippen LogP contribution in [0.5, 0.6) is 0 Å². The predicted molar refractivity (Wildman–Crippen MR) is 92.3 cm³/mol. The number of aryl methyl sites for hydroxylation is 2. The smallest absolute Gasteiger partial charge is 0.254 e. The number of carbonyl (C=O) groups is 1. The molecule has 8 nitrogen and oxygen atoms in total. The molecule has 3 aromatic rings. The third kappa shape index (κ3) is 3.11. The highest BCUT2D eigenvalue weighted by Gasteiger charge is 2.25. The van der Waals surface area contributed by atoms with E-state index in [2.05, 4.69) is 20.6 Å². The molecule has 26 heavy (non-hydrogen) atoms. The van der Waals surface area contributed by atoms with Gasteiger partial charge in [-0.2, -0.15) is 10.1 Å². The lowest BCUT2D eigenvalue weighted by atomic mass is 10.0. The average molecular weight is 356 g/mol. The molecule has 0 spiro atoms. The van der Waals surface area contributed by atoms with E-state index in [4.69, 9.17) is 13.7 Å². The van der Waals surface area contributed by atoms with E-state index in [0.29, 0.717) is 17.7 Å². The van der Waals surface area contributed by atoms with Gasteiger partial charge < -0.3 is 14.9 Å². The van der Waals surface area contributed by atoms with Gasteiger partial charge in [-0.25, -0.2) is 0 Å². The van der Waals surface area contributed by atoms with Crippen molar-refractivity contribution in [3.63, 3.8) is 0 Å². The summed E-state index contributed by atoms with van der Waals surface area (Å²) in [5.41, 5.74) is 3.15. The zero-order valence-electron chi connectivity index (χ0n) is 16.8. The zero-order chi connectivity index (χ0) is 20.6. The third-order valence-corrected chi connectivity index (χ3v) is 4.43. The second-order valence-corrected chi connectivity index (χ2v) is 6.12. The maximum Gasteiger partial charge on any atom is 0.254 e. The van der Waals surface area contributed by atoms with Crippen molar-refractivity contribution >= 4 is 5.91 Å². The Hall–Kier alpha value is -3.00. The van der Waals surface area contributed by atoms with Gasteiger partial charge in [-0.05, 0) is 30.0 Å². The highest BCUT2D eigenvalue weighted by Crippen LogP contribution is 2.33. The van der Waals surface area contributed by atoms with Gasteiger partial charge in [-0.3, -0.25) is 9.48 Å². The van der Waals surface area contributed by atoms with Gasteiger partial charge in [-0.15, -0.1) is 0 Å². The maximum absolute atomic E-state index is 12.5. The van der Waals surface area contributed by atoms with Gasteiger partial charge in [0, 0.05) is 22.7 Å². The number of aromatic nitrogens is 4. The van der Waals surface area contributed by atoms with E-state index in [0.717, 1.165) is 24.0 Å². The highest BCUT2D eigenvalue weighted by molar-refractivity contribution is 5.94. The van der Waals surface area contributed by atoms with Crippen molar-refractivity contribution in [1.82, 2.24) is 25.2 Å². The molecule has 2 N–H and O–H groups in total. The second-order valence-electron chi connectivity index (χ2n) is 6.12. The first-order chi connectivity index (χ1) is 13.8. The molecule has 2 aromatic heterocycles. The SMILES string of the molecule is [2H]C([2H])([2H])c1nc(-c2ccc3c(c2)CC[C@H]3NC(=O)c2cnn(CCO)c2)no1. The number of aliphatic hydroxyl groups is 1. The van der Waals surface area contributed by atoms with Crippen LogP contribution in [0.3, 0.4) is 0 Å². The van der Waals surface area contributed by atoms with Gasteiger partial charge in [0.1, 0.15) is 0 Å². The highest BCUT2D eigenvalue weighted by atomic mass is 16.5. The van der Waals surface area contributed by atoms with E-state index in [-0.39, 0.29) is 30.3 Å². The number of nitrogens with zero attached hydrogens (tertiary/aromatic N) is 4. The summed E-state index contributed by atoms with van der Waals surface area (Å²) in [7, 11) is 0. The number of hydrogen-bond acceptors (Lipinski definition) is 6. The number of aliphatic hydroxyl groups excluding tert-OH is 1. The lowest BCUT2D eigenvalue weighted by Gasteiger charge is -2.13. The summed E-state index contributed by atoms with van der Waals surface area (Å²) in [6, 6.07) is 5.45. The molecule has 0 radical (unpaired) electrons. The summed E-state index contributed by atoms with van der Waals surface area (Å²) in [6.45, 7) is -2.15. The van der Waals surface area contributed by atoms with Gasteiger partial charge in [-0.1, -0.05) is 17.3 Å². The molecular formula is C18H19N5O3. The molecule has 0 saturated carbocycles. The van der Waals surface area contributed by atoms with Crippen LogP contribution in [0.1, 0.15) is 44.0 Å². The Kier molecular flexibility index (Phi) is 3.42. The predicted octanol–water partition coefficient (Wildman–Crippen LogP) is 1.65. The van der Waals surface area contributed by atoms with Crippen LogP contribution < -0.4 is 5.32 Å². The maximum atomic E-state index is 12.5. The van der Waals surface area contributed by atoms with Crippen molar-refractivity contribution in [2.45, 2.75) is 32.3 Å². The lowest BCUT2D eigenvalue weighted by molar-refractivity contribution is 0.0936. The van der Waals surface area contributed by atoms with Crippen LogP contribution in [0.25, 0.3) is 11.4 Å². The molecule has 1 aliphatic rings. The molecular weight excluding hydrogens is 334 g/mol. The third-order valence-electron chi connectivity index (χ3n) is 4.43. The molecule has 0 aliphatic heterocycles. The number of amides is 1. The first-order valence-corrected chi connectivity index (χ1v) is 8.27. The largest absolute Gasteiger partial charge is 0.394 e. The first-order valence-electron chi connectivity index (χ1n) is 9.77. The fourth-order valence-corrected chi connectivity index (χ4v) is 3.19. The Morgan fingerprint density at radius 1 is 1.54 bits per heavy atom. The van der Waals surface area contributed by atoms with Crippen LogP contribution in [0.15, 0.2) is 35.1 Å². The van der Waals surface area contributed by atoms with Crippen molar-refractivity contribution < 1.29 is 18.5 Å². The minimum Gasteiger partial charge on any atom is -0.394 e. The summed E-state index contributed by atoms with van der Waals surface area (Å²) in [4.78, 5) is 16.5. The topological polar surface area (TPSA) is 106 Å². The average Bonchev–Trinajstić information content (AvgIpc) is 3.41. The molecule has 0 unspecified atom stereocenters. The molecule has 1 amide bonds. The Morgan fingerprint density at radius 2 is 2.46 bits per heavy atom. The molecule has 134 valence electrons. The lowest BCUT2D eigenvalue weighted by Crippen LogP contribution is -2.26. The van der Waals surface area contributed by atoms with Crippen LogP contribution in [0, 0.1) is 6.85 Å². The van der Waals surface area contributed by atoms with E-state index in [1.807, 2.05) is 12.1 Å². The number of nitrogens with one attached hydrogen (secondary N) is 1. The molecule has 1 aromatic carbocycles. The Balaban J connectivity index is 1.49. The van der Waals surface area contributed by atoms with Gasteiger partial charge in [0.15, 0.2) is 0 Å². The van der Waals surface area contributed by atoms with Gasteiger partial charge in [0.25, 0.3) is 5.91 Å². The Labute approximate surface area is 154 Å². The van der Waals surface area contributed by atoms with Crippen molar-refractivity contribution in [3.05, 3.63) is 53.2 Å². The minimum atomic E-state index is -2.44. The number of hydrogen-bond donors (Lipinski definition) is 2. The molecule has 4 rings (SSSR count). The molecule has 0 bridgehead atoms. The van der Waals surface area contributed by atoms with Crippen LogP contribution in [-0.2, 0) is 13.0 Å². The summed E-state index contributed by atoms with van der Waals surface area (Å²) >= 11 is 0. The van der Waals surface area contributed by atoms with Crippen molar-refractivity contribution in [2.24, 2.45) is 0 Å². The zero-order valence-corrected chi connectivity index (χ0v) is 13.8. The summed E-state index contributed by atoms with van der Waals surface area (Å²) in [5, 5.41) is 19.8. The van der Waals surface area contributed by atoms with Crippen LogP contribution in [-0.4, -0.2) is 37.5 Å². The summed E-state index contributed by atoms with van der Waals surface area (Å²) in [6.07, 6.45) is 4.59. The molecule has 0 saturated heterocycles. The number of fused-ring (bicyclic) bond motifs is 1. The standard InChI is InChI=1S/C18H19N5O3/c1-11-20-17(22-26-11)13-2-4-15-12(8-13)3-5-16(15)21-18(25)14-9-19-23(10-14)6-7-24/h2,4,8-10,16,24H,3,5-7H2,1H3,(H,21,25)/t16-/m1/s1/i1D3. The molecule has 8 heteroatoms. The van der Waals surface area contributed by atoms with E-state index in [1.54, 1.807) is 12.3 Å². The van der Waals surface area contributed by atoms with Crippen molar-refractivity contribution in [1.29, 1.82) is 0 Å². The van der Waals surface area contributed by atoms with Crippen molar-refractivity contribution in [2.75, 3.05) is 6.61 Å². The molecule has 1 aliphatic carbocycles. The van der Waals surface area contributed by atoms with E-state index in [1.165, 1.54) is 10.9 Å². The van der Waals surface area contributed by atoms with E-state index in [9.17, 15) is 4.79 Å². The van der Waals surface area contributed by atoms with Gasteiger partial charge in [0.2, 0.25) is 11.7 Å². The number of rotatable bonds is 5. The Bertz CT molecular complexity index is 1040. The number of benzene rings is 1. The van der Waals surface area contributed by atoms with Gasteiger partial charge in [0.05, 0.1) is 31.0 Å². The molecule has 2 heterocycles. The van der Waals surface area contributed by atoms with Gasteiger partial charge >= 0.3 is 0 Å². The second kappa shape index (κ2) is 6.72. The summed E-state index contributed by atoms with van der Waals surface area (Å²) in [5.74, 6) is -0.390. The fraction of sp³-hybridized carbons (Fsp3) is 0.333.